The fraction of sp³-hybridized carbons (Fsp3) is 0.385. The Balaban J connectivity index is 1.41. The van der Waals surface area contributed by atoms with E-state index in [1.54, 1.807) is 0 Å². The maximum Gasteiger partial charge on any atom is 0.186 e. The Bertz CT molecular complexity index is 1320. The second-order valence-corrected chi connectivity index (χ2v) is 11.4. The Morgan fingerprint density at radius 2 is 0.933 bits per heavy atom. The number of hydrogen-bond acceptors (Lipinski definition) is 6. The third-order valence-electron chi connectivity index (χ3n) is 7.87. The van der Waals surface area contributed by atoms with Gasteiger partial charge in [-0.05, 0) is 28.7 Å². The first-order valence-electron chi connectivity index (χ1n) is 16.2. The van der Waals surface area contributed by atoms with Gasteiger partial charge in [0.15, 0.2) is 6.29 Å². The summed E-state index contributed by atoms with van der Waals surface area (Å²) in [6.07, 6.45) is 0.578. The molecule has 0 spiro atoms. The number of hydrogen-bond donors (Lipinski definition) is 0. The summed E-state index contributed by atoms with van der Waals surface area (Å²) in [5.41, 5.74) is 4.32. The van der Waals surface area contributed by atoms with E-state index in [9.17, 15) is 0 Å². The van der Waals surface area contributed by atoms with Crippen molar-refractivity contribution in [2.24, 2.45) is 0 Å². The average Bonchev–Trinajstić information content (AvgIpc) is 3.10. The summed E-state index contributed by atoms with van der Waals surface area (Å²) in [4.78, 5) is 0. The summed E-state index contributed by atoms with van der Waals surface area (Å²) in [5, 5.41) is 0. The molecule has 0 aliphatic carbocycles. The molecule has 4 aromatic carbocycles. The van der Waals surface area contributed by atoms with Crippen molar-refractivity contribution >= 4 is 0 Å². The van der Waals surface area contributed by atoms with Crippen LogP contribution in [0.2, 0.25) is 0 Å². The number of unbranched alkanes of at least 4 members (excludes halogenated alkanes) is 2. The Labute approximate surface area is 268 Å². The molecule has 238 valence electrons. The minimum atomic E-state index is -0.645. The molecule has 0 saturated carbocycles. The van der Waals surface area contributed by atoms with Crippen molar-refractivity contribution in [3.63, 3.8) is 0 Å². The maximum atomic E-state index is 6.76. The van der Waals surface area contributed by atoms with Gasteiger partial charge in [-0.2, -0.15) is 0 Å². The van der Waals surface area contributed by atoms with Gasteiger partial charge in [-0.3, -0.25) is 0 Å². The average molecular weight is 611 g/mol. The Kier molecular flexibility index (Phi) is 13.6. The molecule has 1 saturated heterocycles. The van der Waals surface area contributed by atoms with E-state index in [4.69, 9.17) is 28.4 Å². The standard InChI is InChI=1S/C39H46O6/c1-2-3-16-25-41-39-38(44-29-34-23-14-7-15-24-34)37(43-28-33-21-12-6-13-22-33)36(42-27-32-19-10-5-11-20-32)35(45-39)30-40-26-31-17-8-4-9-18-31/h4-15,17-24,35-39H,2-3,16,25-30H2,1H3/t35-,36-,37+,38+,39+/m1/s1. The minimum absolute atomic E-state index is 0.319. The minimum Gasteiger partial charge on any atom is -0.374 e. The second kappa shape index (κ2) is 18.6. The van der Waals surface area contributed by atoms with Gasteiger partial charge in [0.2, 0.25) is 0 Å². The second-order valence-electron chi connectivity index (χ2n) is 11.4. The van der Waals surface area contributed by atoms with Crippen LogP contribution in [0.4, 0.5) is 0 Å². The molecule has 4 aromatic rings. The van der Waals surface area contributed by atoms with Gasteiger partial charge in [0.05, 0.1) is 33.0 Å². The third kappa shape index (κ3) is 10.6. The first-order valence-corrected chi connectivity index (χ1v) is 16.2. The SMILES string of the molecule is CCCCCO[C@H]1O[C@H](COCc2ccccc2)[C@@H](OCc2ccccc2)[C@H](OCc2ccccc2)[C@@H]1OCc1ccccc1. The molecular weight excluding hydrogens is 564 g/mol. The lowest BCUT2D eigenvalue weighted by Gasteiger charge is -2.46. The molecule has 6 heteroatoms. The highest BCUT2D eigenvalue weighted by Crippen LogP contribution is 2.32. The molecule has 0 N–H and O–H groups in total. The van der Waals surface area contributed by atoms with Crippen LogP contribution in [0.5, 0.6) is 0 Å². The first kappa shape index (κ1) is 33.0. The van der Waals surface area contributed by atoms with Crippen LogP contribution >= 0.6 is 0 Å². The first-order chi connectivity index (χ1) is 22.3. The lowest BCUT2D eigenvalue weighted by molar-refractivity contribution is -0.328. The lowest BCUT2D eigenvalue weighted by atomic mass is 9.97. The van der Waals surface area contributed by atoms with E-state index in [1.165, 1.54) is 0 Å². The number of ether oxygens (including phenoxy) is 6. The van der Waals surface area contributed by atoms with E-state index in [1.807, 2.05) is 72.8 Å². The molecule has 5 atom stereocenters. The van der Waals surface area contributed by atoms with Gasteiger partial charge in [0.25, 0.3) is 0 Å². The van der Waals surface area contributed by atoms with Gasteiger partial charge < -0.3 is 28.4 Å². The van der Waals surface area contributed by atoms with E-state index in [0.717, 1.165) is 41.5 Å². The van der Waals surface area contributed by atoms with Gasteiger partial charge in [0, 0.05) is 6.61 Å². The molecule has 6 nitrogen and oxygen atoms in total. The van der Waals surface area contributed by atoms with Crippen molar-refractivity contribution in [2.45, 2.75) is 83.3 Å². The van der Waals surface area contributed by atoms with Gasteiger partial charge in [0.1, 0.15) is 24.4 Å². The van der Waals surface area contributed by atoms with Crippen LogP contribution in [-0.4, -0.2) is 43.9 Å². The highest BCUT2D eigenvalue weighted by Gasteiger charge is 2.49. The normalized spacial score (nSPS) is 21.5. The van der Waals surface area contributed by atoms with Crippen LogP contribution < -0.4 is 0 Å². The van der Waals surface area contributed by atoms with Crippen molar-refractivity contribution in [2.75, 3.05) is 13.2 Å². The van der Waals surface area contributed by atoms with Crippen LogP contribution in [0.25, 0.3) is 0 Å². The predicted molar refractivity (Wildman–Crippen MR) is 175 cm³/mol. The third-order valence-corrected chi connectivity index (χ3v) is 7.87. The Hall–Kier alpha value is -3.36. The van der Waals surface area contributed by atoms with Crippen molar-refractivity contribution in [3.8, 4) is 0 Å². The molecule has 0 radical (unpaired) electrons. The van der Waals surface area contributed by atoms with Crippen LogP contribution in [0.1, 0.15) is 48.4 Å². The quantitative estimate of drug-likeness (QED) is 0.107. The van der Waals surface area contributed by atoms with E-state index in [0.29, 0.717) is 39.6 Å². The van der Waals surface area contributed by atoms with E-state index in [-0.39, 0.29) is 0 Å². The zero-order valence-corrected chi connectivity index (χ0v) is 26.2. The highest BCUT2D eigenvalue weighted by molar-refractivity contribution is 5.16. The summed E-state index contributed by atoms with van der Waals surface area (Å²) in [6, 6.07) is 40.7. The molecule has 1 aliphatic heterocycles. The Morgan fingerprint density at radius 3 is 1.42 bits per heavy atom. The zero-order chi connectivity index (χ0) is 30.9. The Morgan fingerprint density at radius 1 is 0.489 bits per heavy atom. The summed E-state index contributed by atoms with van der Waals surface area (Å²) < 4.78 is 39.5. The summed E-state index contributed by atoms with van der Waals surface area (Å²) in [5.74, 6) is 0. The smallest absolute Gasteiger partial charge is 0.186 e. The van der Waals surface area contributed by atoms with Crippen LogP contribution in [0, 0.1) is 0 Å². The highest BCUT2D eigenvalue weighted by atomic mass is 16.7. The largest absolute Gasteiger partial charge is 0.374 e. The molecule has 0 amide bonds. The summed E-state index contributed by atoms with van der Waals surface area (Å²) in [6.45, 7) is 4.75. The van der Waals surface area contributed by atoms with Crippen LogP contribution in [0.15, 0.2) is 121 Å². The zero-order valence-electron chi connectivity index (χ0n) is 26.2. The summed E-state index contributed by atoms with van der Waals surface area (Å²) >= 11 is 0. The molecule has 5 rings (SSSR count). The molecule has 1 aliphatic rings. The van der Waals surface area contributed by atoms with Gasteiger partial charge >= 0.3 is 0 Å². The van der Waals surface area contributed by atoms with E-state index in [2.05, 4.69) is 55.5 Å². The molecule has 1 heterocycles. The fourth-order valence-electron chi connectivity index (χ4n) is 5.43. The van der Waals surface area contributed by atoms with Crippen molar-refractivity contribution < 1.29 is 28.4 Å². The molecule has 1 fully saturated rings. The molecule has 0 unspecified atom stereocenters. The van der Waals surface area contributed by atoms with Crippen molar-refractivity contribution in [3.05, 3.63) is 144 Å². The lowest BCUT2D eigenvalue weighted by Crippen LogP contribution is -2.61. The molecule has 0 bridgehead atoms. The molecular formula is C39H46O6. The fourth-order valence-corrected chi connectivity index (χ4v) is 5.43. The molecule has 45 heavy (non-hydrogen) atoms. The van der Waals surface area contributed by atoms with E-state index < -0.39 is 30.7 Å². The van der Waals surface area contributed by atoms with Gasteiger partial charge in [-0.25, -0.2) is 0 Å². The monoisotopic (exact) mass is 610 g/mol. The van der Waals surface area contributed by atoms with Gasteiger partial charge in [-0.15, -0.1) is 0 Å². The van der Waals surface area contributed by atoms with Gasteiger partial charge in [-0.1, -0.05) is 141 Å². The van der Waals surface area contributed by atoms with Crippen LogP contribution in [0.3, 0.4) is 0 Å². The van der Waals surface area contributed by atoms with Crippen molar-refractivity contribution in [1.29, 1.82) is 0 Å². The summed E-state index contributed by atoms with van der Waals surface area (Å²) in [7, 11) is 0. The van der Waals surface area contributed by atoms with Crippen LogP contribution in [-0.2, 0) is 54.8 Å². The maximum absolute atomic E-state index is 6.76. The van der Waals surface area contributed by atoms with E-state index >= 15 is 0 Å². The number of rotatable bonds is 18. The van der Waals surface area contributed by atoms with Crippen molar-refractivity contribution in [1.82, 2.24) is 0 Å². The predicted octanol–water partition coefficient (Wildman–Crippen LogP) is 7.89. The number of benzene rings is 4. The molecule has 0 aromatic heterocycles. The topological polar surface area (TPSA) is 55.4 Å².